The van der Waals surface area contributed by atoms with E-state index in [0.717, 1.165) is 26.2 Å². The molecule has 0 unspecified atom stereocenters. The SMILES string of the molecule is CC#N.CC#N.Cc1cc(C)c(Cn2ccnc2)c(C)c1Cn1ccnc1.Cc1cc(C)c(Cn2ccnc2)c(C)c1Cn1ccnc1.[Cl-].[Cl-].[Cl-].[Cl-].[Cu+2].[Cu+2]. The van der Waals surface area contributed by atoms with Crippen LogP contribution < -0.4 is 49.6 Å². The quantitative estimate of drug-likeness (QED) is 0.142. The van der Waals surface area contributed by atoms with Crippen LogP contribution in [-0.4, -0.2) is 38.2 Å². The summed E-state index contributed by atoms with van der Waals surface area (Å²) in [5, 5.41) is 14.6. The van der Waals surface area contributed by atoms with Crippen LogP contribution in [0.2, 0.25) is 0 Å². The molecule has 0 aliphatic carbocycles. The molecule has 4 aromatic heterocycles. The van der Waals surface area contributed by atoms with Gasteiger partial charge in [-0.3, -0.25) is 0 Å². The first-order chi connectivity index (χ1) is 23.1. The van der Waals surface area contributed by atoms with Crippen LogP contribution >= 0.6 is 0 Å². The van der Waals surface area contributed by atoms with Crippen LogP contribution in [0.25, 0.3) is 0 Å². The van der Waals surface area contributed by atoms with E-state index >= 15 is 0 Å². The first kappa shape index (κ1) is 57.2. The molecule has 6 rings (SSSR count). The Bertz CT molecular complexity index is 1670. The minimum atomic E-state index is 0. The molecule has 0 aliphatic rings. The number of aromatic nitrogens is 8. The van der Waals surface area contributed by atoms with Crippen LogP contribution in [0.1, 0.15) is 69.5 Å². The van der Waals surface area contributed by atoms with Gasteiger partial charge < -0.3 is 67.9 Å². The minimum absolute atomic E-state index is 0. The van der Waals surface area contributed by atoms with Gasteiger partial charge in [-0.15, -0.1) is 0 Å². The molecule has 0 aliphatic heterocycles. The summed E-state index contributed by atoms with van der Waals surface area (Å²) in [5.74, 6) is 0. The molecule has 54 heavy (non-hydrogen) atoms. The van der Waals surface area contributed by atoms with Crippen LogP contribution in [0.5, 0.6) is 0 Å². The Morgan fingerprint density at radius 1 is 0.444 bits per heavy atom. The largest absolute Gasteiger partial charge is 2.00 e. The van der Waals surface area contributed by atoms with Crippen molar-refractivity contribution >= 4 is 0 Å². The fraction of sp³-hybridized carbons (Fsp3) is 0.316. The summed E-state index contributed by atoms with van der Waals surface area (Å²) in [5.41, 5.74) is 13.6. The predicted molar refractivity (Wildman–Crippen MR) is 189 cm³/mol. The Hall–Kier alpha value is -3.54. The van der Waals surface area contributed by atoms with E-state index in [-0.39, 0.29) is 83.8 Å². The van der Waals surface area contributed by atoms with Gasteiger partial charge in [0.25, 0.3) is 0 Å². The van der Waals surface area contributed by atoms with E-state index in [9.17, 15) is 0 Å². The zero-order chi connectivity index (χ0) is 35.1. The predicted octanol–water partition coefficient (Wildman–Crippen LogP) is -4.73. The third kappa shape index (κ3) is 16.9. The molecular weight excluding hydrogens is 865 g/mol. The zero-order valence-electron chi connectivity index (χ0n) is 31.5. The normalized spacial score (nSPS) is 8.85. The van der Waals surface area contributed by atoms with Gasteiger partial charge in [0, 0.05) is 89.6 Å². The van der Waals surface area contributed by atoms with Crippen molar-refractivity contribution < 1.29 is 83.8 Å². The standard InChI is InChI=1S/2C17H20N4.2C2H3N.4ClH.2Cu/c2*1-13-8-14(2)17(10-21-7-5-19-12-21)15(3)16(13)9-20-6-4-18-11-20;2*1-2-3;;;;;;/h2*4-8,11-12H,9-10H2,1-3H3;2*1H3;4*1H;;/q;;;;;;;;2*+2/p-4. The van der Waals surface area contributed by atoms with Crippen molar-refractivity contribution in [2.24, 2.45) is 0 Å². The molecule has 4 heterocycles. The molecule has 0 fully saturated rings. The van der Waals surface area contributed by atoms with Gasteiger partial charge in [-0.25, -0.2) is 19.9 Å². The summed E-state index contributed by atoms with van der Waals surface area (Å²) in [6.07, 6.45) is 22.8. The van der Waals surface area contributed by atoms with Crippen LogP contribution in [0, 0.1) is 64.2 Å². The molecule has 298 valence electrons. The molecule has 6 aromatic rings. The Labute approximate surface area is 366 Å². The van der Waals surface area contributed by atoms with Gasteiger partial charge in [-0.1, -0.05) is 12.1 Å². The van der Waals surface area contributed by atoms with Crippen molar-refractivity contribution in [2.75, 3.05) is 0 Å². The smallest absolute Gasteiger partial charge is 1.00 e. The van der Waals surface area contributed by atoms with Crippen LogP contribution in [0.3, 0.4) is 0 Å². The van der Waals surface area contributed by atoms with E-state index in [1.165, 1.54) is 69.5 Å². The van der Waals surface area contributed by atoms with Gasteiger partial charge in [-0.2, -0.15) is 10.5 Å². The maximum Gasteiger partial charge on any atom is 2.00 e. The fourth-order valence-electron chi connectivity index (χ4n) is 5.77. The first-order valence-electron chi connectivity index (χ1n) is 15.7. The zero-order valence-corrected chi connectivity index (χ0v) is 36.4. The first-order valence-corrected chi connectivity index (χ1v) is 15.7. The Morgan fingerprint density at radius 3 is 0.778 bits per heavy atom. The second-order valence-corrected chi connectivity index (χ2v) is 11.6. The maximum atomic E-state index is 7.32. The van der Waals surface area contributed by atoms with Gasteiger partial charge in [0.1, 0.15) is 0 Å². The second-order valence-electron chi connectivity index (χ2n) is 11.6. The van der Waals surface area contributed by atoms with Gasteiger partial charge in [-0.05, 0) is 97.2 Å². The maximum absolute atomic E-state index is 7.32. The Balaban J connectivity index is -0.000000368. The van der Waals surface area contributed by atoms with Gasteiger partial charge in [0.05, 0.1) is 37.4 Å². The summed E-state index contributed by atoms with van der Waals surface area (Å²) in [6, 6.07) is 8.07. The fourth-order valence-corrected chi connectivity index (χ4v) is 5.77. The third-order valence-corrected chi connectivity index (χ3v) is 8.18. The number of nitrogens with zero attached hydrogens (tertiary/aromatic N) is 10. The number of halogens is 4. The van der Waals surface area contributed by atoms with Gasteiger partial charge in [0.15, 0.2) is 0 Å². The van der Waals surface area contributed by atoms with Crippen molar-refractivity contribution in [2.45, 2.75) is 81.6 Å². The molecule has 0 spiro atoms. The molecule has 10 nitrogen and oxygen atoms in total. The molecule has 0 bridgehead atoms. The second kappa shape index (κ2) is 29.8. The summed E-state index contributed by atoms with van der Waals surface area (Å²) in [4.78, 5) is 16.5. The average Bonchev–Trinajstić information content (AvgIpc) is 3.89. The third-order valence-electron chi connectivity index (χ3n) is 8.18. The number of nitriles is 2. The number of aryl methyl sites for hydroxylation is 4. The van der Waals surface area contributed by atoms with Gasteiger partial charge >= 0.3 is 34.1 Å². The van der Waals surface area contributed by atoms with Crippen molar-refractivity contribution in [3.05, 3.63) is 143 Å². The average molecular weight is 912 g/mol. The topological polar surface area (TPSA) is 119 Å². The number of benzene rings is 2. The van der Waals surface area contributed by atoms with Crippen molar-refractivity contribution in [3.63, 3.8) is 0 Å². The Kier molecular flexibility index (Phi) is 31.5. The van der Waals surface area contributed by atoms with Crippen LogP contribution in [0.4, 0.5) is 0 Å². The molecule has 2 aromatic carbocycles. The molecule has 0 atom stereocenters. The molecule has 2 radical (unpaired) electrons. The van der Waals surface area contributed by atoms with E-state index in [0.29, 0.717) is 0 Å². The molecule has 0 saturated carbocycles. The number of hydrogen-bond donors (Lipinski definition) is 0. The number of hydrogen-bond acceptors (Lipinski definition) is 6. The minimum Gasteiger partial charge on any atom is -1.00 e. The number of rotatable bonds is 8. The van der Waals surface area contributed by atoms with E-state index in [4.69, 9.17) is 10.5 Å². The van der Waals surface area contributed by atoms with E-state index < -0.39 is 0 Å². The molecule has 16 heteroatoms. The Morgan fingerprint density at radius 2 is 0.630 bits per heavy atom. The van der Waals surface area contributed by atoms with E-state index in [2.05, 4.69) is 91.9 Å². The van der Waals surface area contributed by atoms with Crippen molar-refractivity contribution in [3.8, 4) is 12.1 Å². The summed E-state index contributed by atoms with van der Waals surface area (Å²) in [6.45, 7) is 19.5. The molecular formula is C38H46Cl4Cu2N10. The monoisotopic (exact) mass is 908 g/mol. The number of imidazole rings is 4. The molecule has 0 saturated heterocycles. The van der Waals surface area contributed by atoms with Crippen LogP contribution in [0.15, 0.2) is 87.0 Å². The summed E-state index contributed by atoms with van der Waals surface area (Å²) in [7, 11) is 0. The van der Waals surface area contributed by atoms with Gasteiger partial charge in [0.2, 0.25) is 0 Å². The summed E-state index contributed by atoms with van der Waals surface area (Å²) >= 11 is 0. The van der Waals surface area contributed by atoms with E-state index in [1.807, 2.05) is 74.9 Å². The van der Waals surface area contributed by atoms with Crippen molar-refractivity contribution in [1.29, 1.82) is 10.5 Å². The van der Waals surface area contributed by atoms with Crippen LogP contribution in [-0.2, 0) is 60.3 Å². The van der Waals surface area contributed by atoms with Crippen molar-refractivity contribution in [1.82, 2.24) is 38.2 Å². The van der Waals surface area contributed by atoms with E-state index in [1.54, 1.807) is 12.1 Å². The molecule has 0 N–H and O–H groups in total. The summed E-state index contributed by atoms with van der Waals surface area (Å²) < 4.78 is 8.47. The molecule has 0 amide bonds.